The van der Waals surface area contributed by atoms with Gasteiger partial charge < -0.3 is 9.32 Å². The first-order chi connectivity index (χ1) is 25.8. The summed E-state index contributed by atoms with van der Waals surface area (Å²) in [5, 5.41) is 1.13. The Bertz CT molecular complexity index is 3050. The van der Waals surface area contributed by atoms with Gasteiger partial charge in [-0.2, -0.15) is 0 Å². The number of hydrogen-bond donors (Lipinski definition) is 0. The van der Waals surface area contributed by atoms with E-state index >= 15 is 0 Å². The monoisotopic (exact) mass is 665 g/mol. The molecule has 0 bridgehead atoms. The average molecular weight is 666 g/mol. The van der Waals surface area contributed by atoms with Crippen LogP contribution in [-0.4, -0.2) is 20.7 Å². The maximum atomic E-state index is 6.94. The lowest BCUT2D eigenvalue weighted by Crippen LogP contribution is -2.61. The molecule has 0 saturated heterocycles. The normalized spacial score (nSPS) is 13.3. The van der Waals surface area contributed by atoms with Gasteiger partial charge in [0.1, 0.15) is 5.58 Å². The van der Waals surface area contributed by atoms with E-state index in [1.165, 1.54) is 16.4 Å². The van der Waals surface area contributed by atoms with Gasteiger partial charge in [0.25, 0.3) is 6.71 Å². The van der Waals surface area contributed by atoms with Gasteiger partial charge >= 0.3 is 0 Å². The molecule has 2 aliphatic rings. The summed E-state index contributed by atoms with van der Waals surface area (Å²) in [6.45, 7) is -0.0516. The molecule has 0 amide bonds. The number of para-hydroxylation sites is 8. The lowest BCUT2D eigenvalue weighted by Gasteiger charge is -2.42. The van der Waals surface area contributed by atoms with E-state index in [4.69, 9.17) is 9.40 Å². The van der Waals surface area contributed by atoms with Gasteiger partial charge in [0.15, 0.2) is 0 Å². The zero-order chi connectivity index (χ0) is 33.9. The number of nitrogens with zero attached hydrogens (tertiary/aromatic N) is 5. The van der Waals surface area contributed by atoms with Gasteiger partial charge in [-0.15, -0.1) is 0 Å². The van der Waals surface area contributed by atoms with Crippen LogP contribution >= 0.6 is 0 Å². The molecule has 0 N–H and O–H groups in total. The molecule has 0 unspecified atom stereocenters. The highest BCUT2D eigenvalue weighted by molar-refractivity contribution is 7.01. The molecule has 52 heavy (non-hydrogen) atoms. The van der Waals surface area contributed by atoms with Crippen molar-refractivity contribution in [1.29, 1.82) is 0 Å². The van der Waals surface area contributed by atoms with E-state index in [-0.39, 0.29) is 6.71 Å². The summed E-state index contributed by atoms with van der Waals surface area (Å²) >= 11 is 0. The minimum atomic E-state index is -0.0516. The summed E-state index contributed by atoms with van der Waals surface area (Å²) < 4.78 is 11.5. The average Bonchev–Trinajstić information content (AvgIpc) is 3.87. The quantitative estimate of drug-likeness (QED) is 0.177. The molecule has 0 spiro atoms. The van der Waals surface area contributed by atoms with Crippen molar-refractivity contribution in [2.24, 2.45) is 0 Å². The number of benzene rings is 7. The number of hydrogen-bond acceptors (Lipinski definition) is 4. The van der Waals surface area contributed by atoms with Crippen LogP contribution in [0.1, 0.15) is 0 Å². The van der Waals surface area contributed by atoms with Gasteiger partial charge in [0.05, 0.1) is 27.8 Å². The zero-order valence-corrected chi connectivity index (χ0v) is 27.9. The fraction of sp³-hybridized carbons (Fsp3) is 0. The van der Waals surface area contributed by atoms with Crippen LogP contribution in [0.25, 0.3) is 44.5 Å². The van der Waals surface area contributed by atoms with Gasteiger partial charge in [-0.3, -0.25) is 13.9 Å². The largest absolute Gasteiger partial charge is 0.440 e. The summed E-state index contributed by atoms with van der Waals surface area (Å²) in [6, 6.07) is 60.4. The molecule has 0 radical (unpaired) electrons. The lowest BCUT2D eigenvalue weighted by atomic mass is 9.33. The van der Waals surface area contributed by atoms with Crippen LogP contribution in [0.5, 0.6) is 0 Å². The van der Waals surface area contributed by atoms with Crippen LogP contribution < -0.4 is 26.2 Å². The lowest BCUT2D eigenvalue weighted by molar-refractivity contribution is 0.623. The third-order valence-corrected chi connectivity index (χ3v) is 10.9. The molecule has 3 aromatic heterocycles. The topological polar surface area (TPSA) is 41.9 Å². The molecule has 0 fully saturated rings. The number of rotatable bonds is 3. The fourth-order valence-electron chi connectivity index (χ4n) is 8.82. The Morgan fingerprint density at radius 3 is 1.90 bits per heavy atom. The molecule has 6 nitrogen and oxygen atoms in total. The van der Waals surface area contributed by atoms with Gasteiger partial charge in [-0.05, 0) is 83.7 Å². The van der Waals surface area contributed by atoms with E-state index in [1.54, 1.807) is 0 Å². The van der Waals surface area contributed by atoms with Crippen LogP contribution in [0.15, 0.2) is 174 Å². The fourth-order valence-corrected chi connectivity index (χ4v) is 8.82. The third-order valence-electron chi connectivity index (χ3n) is 10.9. The summed E-state index contributed by atoms with van der Waals surface area (Å²) in [4.78, 5) is 10.0. The molecule has 12 rings (SSSR count). The number of imidazole rings is 2. The van der Waals surface area contributed by atoms with Gasteiger partial charge in [-0.1, -0.05) is 97.1 Å². The van der Waals surface area contributed by atoms with Gasteiger partial charge in [-0.25, -0.2) is 4.98 Å². The Kier molecular flexibility index (Phi) is 5.49. The van der Waals surface area contributed by atoms with Crippen molar-refractivity contribution >= 4 is 96.2 Å². The maximum absolute atomic E-state index is 6.94. The Balaban J connectivity index is 1.26. The maximum Gasteiger partial charge on any atom is 0.257 e. The molecule has 5 heterocycles. The molecule has 2 aliphatic heterocycles. The van der Waals surface area contributed by atoms with Crippen LogP contribution in [0.3, 0.4) is 0 Å². The molecule has 0 atom stereocenters. The first-order valence-corrected chi connectivity index (χ1v) is 17.7. The highest BCUT2D eigenvalue weighted by Crippen LogP contribution is 2.47. The second-order valence-electron chi connectivity index (χ2n) is 13.6. The van der Waals surface area contributed by atoms with Crippen LogP contribution in [0, 0.1) is 0 Å². The SMILES string of the molecule is c1ccc(N2c3ccccc3B3c4c2cc(-n2c5ccccc5n5c6ccccc6nc25)cc4N(c2ccccc2)c2oc4ccccc4c23)cc1. The number of furan rings is 1. The van der Waals surface area contributed by atoms with E-state index in [0.29, 0.717) is 0 Å². The van der Waals surface area contributed by atoms with Crippen molar-refractivity contribution in [3.05, 3.63) is 170 Å². The van der Waals surface area contributed by atoms with E-state index in [0.717, 1.165) is 78.8 Å². The van der Waals surface area contributed by atoms with Crippen molar-refractivity contribution in [1.82, 2.24) is 14.0 Å². The third kappa shape index (κ3) is 3.61. The first kappa shape index (κ1) is 27.8. The van der Waals surface area contributed by atoms with E-state index < -0.39 is 0 Å². The number of anilines is 6. The highest BCUT2D eigenvalue weighted by atomic mass is 16.4. The number of fused-ring (bicyclic) bond motifs is 11. The molecule has 7 aromatic carbocycles. The molecule has 242 valence electrons. The van der Waals surface area contributed by atoms with E-state index in [9.17, 15) is 0 Å². The molecule has 0 aliphatic carbocycles. The number of aromatic nitrogens is 3. The first-order valence-electron chi connectivity index (χ1n) is 17.7. The second-order valence-corrected chi connectivity index (χ2v) is 13.6. The van der Waals surface area contributed by atoms with Crippen LogP contribution in [0.2, 0.25) is 0 Å². The van der Waals surface area contributed by atoms with E-state index in [1.807, 2.05) is 0 Å². The Labute approximate surface area is 299 Å². The Hall–Kier alpha value is -6.99. The Morgan fingerprint density at radius 1 is 0.481 bits per heavy atom. The highest BCUT2D eigenvalue weighted by Gasteiger charge is 2.46. The van der Waals surface area contributed by atoms with E-state index in [2.05, 4.69) is 189 Å². The zero-order valence-electron chi connectivity index (χ0n) is 27.9. The Morgan fingerprint density at radius 2 is 1.10 bits per heavy atom. The summed E-state index contributed by atoms with van der Waals surface area (Å²) in [7, 11) is 0. The van der Waals surface area contributed by atoms with Crippen molar-refractivity contribution in [2.75, 3.05) is 9.80 Å². The standard InChI is InChI=1S/C45H28BN5O/c1-3-15-29(16-4-1)48-35-22-10-8-20-33(35)46-42-32-19-7-14-26-41(32)52-44(42)49(30-17-5-2-6-18-30)40-28-31(27-39(48)43(40)46)50-37-24-12-13-25-38(37)51-36-23-11-9-21-34(36)47-45(50)51/h1-28H. The minimum absolute atomic E-state index is 0.0516. The van der Waals surface area contributed by atoms with Crippen molar-refractivity contribution < 1.29 is 4.42 Å². The summed E-state index contributed by atoms with van der Waals surface area (Å²) in [5.41, 5.74) is 15.4. The summed E-state index contributed by atoms with van der Waals surface area (Å²) in [5.74, 6) is 1.73. The molecular formula is C45H28BN5O. The predicted molar refractivity (Wildman–Crippen MR) is 213 cm³/mol. The predicted octanol–water partition coefficient (Wildman–Crippen LogP) is 9.26. The smallest absolute Gasteiger partial charge is 0.257 e. The van der Waals surface area contributed by atoms with Crippen LogP contribution in [0.4, 0.5) is 34.3 Å². The molecule has 0 saturated carbocycles. The van der Waals surface area contributed by atoms with Crippen molar-refractivity contribution in [3.8, 4) is 5.69 Å². The van der Waals surface area contributed by atoms with Crippen molar-refractivity contribution in [3.63, 3.8) is 0 Å². The minimum Gasteiger partial charge on any atom is -0.440 e. The second kappa shape index (κ2) is 10.3. The molecule has 10 aromatic rings. The van der Waals surface area contributed by atoms with Gasteiger partial charge in [0.2, 0.25) is 11.7 Å². The molecular weight excluding hydrogens is 637 g/mol. The van der Waals surface area contributed by atoms with Gasteiger partial charge in [0, 0.05) is 39.3 Å². The van der Waals surface area contributed by atoms with Crippen LogP contribution in [-0.2, 0) is 0 Å². The molecule has 7 heteroatoms. The summed E-state index contributed by atoms with van der Waals surface area (Å²) in [6.07, 6.45) is 0. The van der Waals surface area contributed by atoms with Crippen molar-refractivity contribution in [2.45, 2.75) is 0 Å².